The molecule has 120 valence electrons. The topological polar surface area (TPSA) is 52.7 Å². The Hall–Kier alpha value is -2.04. The number of amides is 3. The van der Waals surface area contributed by atoms with Gasteiger partial charge in [0, 0.05) is 25.3 Å². The minimum Gasteiger partial charge on any atom is -0.355 e. The average molecular weight is 303 g/mol. The van der Waals surface area contributed by atoms with E-state index in [0.29, 0.717) is 19.6 Å². The molecular formula is C17H25N3O2. The summed E-state index contributed by atoms with van der Waals surface area (Å²) in [5.74, 6) is -0.0739. The zero-order valence-electron chi connectivity index (χ0n) is 13.5. The third kappa shape index (κ3) is 4.23. The van der Waals surface area contributed by atoms with Gasteiger partial charge in [0.15, 0.2) is 0 Å². The highest BCUT2D eigenvalue weighted by Gasteiger charge is 2.30. The molecule has 1 aliphatic heterocycles. The third-order valence-corrected chi connectivity index (χ3v) is 3.88. The number of hydrogen-bond donors (Lipinski definition) is 1. The van der Waals surface area contributed by atoms with Crippen molar-refractivity contribution in [3.05, 3.63) is 29.8 Å². The number of rotatable bonds is 7. The Balaban J connectivity index is 1.83. The van der Waals surface area contributed by atoms with Gasteiger partial charge in [-0.25, -0.2) is 4.79 Å². The van der Waals surface area contributed by atoms with Gasteiger partial charge in [0.05, 0.1) is 0 Å². The number of nitrogens with one attached hydrogen (secondary N) is 1. The molecule has 0 spiro atoms. The van der Waals surface area contributed by atoms with E-state index >= 15 is 0 Å². The van der Waals surface area contributed by atoms with Gasteiger partial charge in [-0.05, 0) is 25.5 Å². The van der Waals surface area contributed by atoms with E-state index in [1.807, 2.05) is 31.2 Å². The van der Waals surface area contributed by atoms with Gasteiger partial charge in [-0.3, -0.25) is 9.69 Å². The molecule has 1 fully saturated rings. The Bertz CT molecular complexity index is 513. The molecule has 0 saturated carbocycles. The highest BCUT2D eigenvalue weighted by Crippen LogP contribution is 2.20. The molecule has 22 heavy (non-hydrogen) atoms. The highest BCUT2D eigenvalue weighted by molar-refractivity contribution is 5.96. The summed E-state index contributed by atoms with van der Waals surface area (Å²) >= 11 is 0. The normalized spacial score (nSPS) is 14.5. The quantitative estimate of drug-likeness (QED) is 0.787. The number of urea groups is 1. The zero-order valence-corrected chi connectivity index (χ0v) is 13.5. The number of aryl methyl sites for hydroxylation is 1. The molecule has 5 heteroatoms. The second-order valence-electron chi connectivity index (χ2n) is 5.75. The lowest BCUT2D eigenvalue weighted by molar-refractivity contribution is -0.121. The van der Waals surface area contributed by atoms with Crippen molar-refractivity contribution in [1.29, 1.82) is 0 Å². The number of carbonyl (C=O) groups excluding carboxylic acids is 2. The summed E-state index contributed by atoms with van der Waals surface area (Å²) in [7, 11) is 0. The first-order valence-electron chi connectivity index (χ1n) is 8.01. The standard InChI is InChI=1S/C17H25N3O2/c1-3-4-5-10-18-16(21)13-19-11-12-20(17(19)22)15-8-6-14(2)7-9-15/h6-9H,3-5,10-13H2,1-2H3,(H,18,21). The lowest BCUT2D eigenvalue weighted by Crippen LogP contribution is -2.40. The Labute approximate surface area is 132 Å². The van der Waals surface area contributed by atoms with Crippen molar-refractivity contribution in [2.24, 2.45) is 0 Å². The van der Waals surface area contributed by atoms with Crippen molar-refractivity contribution in [2.45, 2.75) is 33.1 Å². The van der Waals surface area contributed by atoms with Crippen molar-refractivity contribution in [2.75, 3.05) is 31.1 Å². The molecule has 1 N–H and O–H groups in total. The van der Waals surface area contributed by atoms with Gasteiger partial charge in [-0.2, -0.15) is 0 Å². The predicted molar refractivity (Wildman–Crippen MR) is 88.0 cm³/mol. The molecule has 1 aromatic rings. The summed E-state index contributed by atoms with van der Waals surface area (Å²) in [6, 6.07) is 7.79. The molecule has 1 aliphatic rings. The Morgan fingerprint density at radius 3 is 2.59 bits per heavy atom. The van der Waals surface area contributed by atoms with E-state index in [2.05, 4.69) is 12.2 Å². The van der Waals surface area contributed by atoms with E-state index in [1.165, 1.54) is 5.56 Å². The summed E-state index contributed by atoms with van der Waals surface area (Å²) in [5.41, 5.74) is 2.06. The molecule has 0 bridgehead atoms. The van der Waals surface area contributed by atoms with E-state index in [0.717, 1.165) is 24.9 Å². The van der Waals surface area contributed by atoms with Gasteiger partial charge in [-0.15, -0.1) is 0 Å². The fourth-order valence-electron chi connectivity index (χ4n) is 2.53. The van der Waals surface area contributed by atoms with Gasteiger partial charge in [0.1, 0.15) is 6.54 Å². The molecular weight excluding hydrogens is 278 g/mol. The van der Waals surface area contributed by atoms with Gasteiger partial charge in [0.25, 0.3) is 0 Å². The van der Waals surface area contributed by atoms with Gasteiger partial charge in [-0.1, -0.05) is 37.5 Å². The Morgan fingerprint density at radius 1 is 1.18 bits per heavy atom. The van der Waals surface area contributed by atoms with E-state index in [9.17, 15) is 9.59 Å². The minimum absolute atomic E-state index is 0.0739. The third-order valence-electron chi connectivity index (χ3n) is 3.88. The first-order valence-corrected chi connectivity index (χ1v) is 8.01. The molecule has 2 rings (SSSR count). The van der Waals surface area contributed by atoms with E-state index in [1.54, 1.807) is 9.80 Å². The fraction of sp³-hybridized carbons (Fsp3) is 0.529. The average Bonchev–Trinajstić information content (AvgIpc) is 2.86. The number of unbranched alkanes of at least 4 members (excludes halogenated alkanes) is 2. The SMILES string of the molecule is CCCCCNC(=O)CN1CCN(c2ccc(C)cc2)C1=O. The Kier molecular flexibility index (Phi) is 5.81. The van der Waals surface area contributed by atoms with Crippen LogP contribution < -0.4 is 10.2 Å². The van der Waals surface area contributed by atoms with Crippen LogP contribution >= 0.6 is 0 Å². The molecule has 1 aromatic carbocycles. The molecule has 1 saturated heterocycles. The van der Waals surface area contributed by atoms with Crippen LogP contribution in [0.4, 0.5) is 10.5 Å². The van der Waals surface area contributed by atoms with Crippen molar-refractivity contribution >= 4 is 17.6 Å². The van der Waals surface area contributed by atoms with Crippen molar-refractivity contribution in [3.8, 4) is 0 Å². The van der Waals surface area contributed by atoms with Crippen LogP contribution in [0.3, 0.4) is 0 Å². The molecule has 0 aliphatic carbocycles. The van der Waals surface area contributed by atoms with Crippen LogP contribution in [-0.4, -0.2) is 43.0 Å². The summed E-state index contributed by atoms with van der Waals surface area (Å²) in [6.45, 7) is 6.21. The molecule has 0 radical (unpaired) electrons. The van der Waals surface area contributed by atoms with Crippen LogP contribution in [0.2, 0.25) is 0 Å². The van der Waals surface area contributed by atoms with Gasteiger partial charge < -0.3 is 10.2 Å². The maximum absolute atomic E-state index is 12.4. The van der Waals surface area contributed by atoms with Crippen LogP contribution in [0.25, 0.3) is 0 Å². The first kappa shape index (κ1) is 16.3. The zero-order chi connectivity index (χ0) is 15.9. The second kappa shape index (κ2) is 7.82. The van der Waals surface area contributed by atoms with Gasteiger partial charge >= 0.3 is 6.03 Å². The van der Waals surface area contributed by atoms with Crippen molar-refractivity contribution in [1.82, 2.24) is 10.2 Å². The summed E-state index contributed by atoms with van der Waals surface area (Å²) < 4.78 is 0. The molecule has 0 aromatic heterocycles. The van der Waals surface area contributed by atoms with Crippen molar-refractivity contribution < 1.29 is 9.59 Å². The molecule has 5 nitrogen and oxygen atoms in total. The maximum Gasteiger partial charge on any atom is 0.325 e. The van der Waals surface area contributed by atoms with E-state index in [4.69, 9.17) is 0 Å². The molecule has 0 unspecified atom stereocenters. The van der Waals surface area contributed by atoms with Crippen LogP contribution in [0.5, 0.6) is 0 Å². The number of benzene rings is 1. The number of hydrogen-bond acceptors (Lipinski definition) is 2. The smallest absolute Gasteiger partial charge is 0.325 e. The number of nitrogens with zero attached hydrogens (tertiary/aromatic N) is 2. The lowest BCUT2D eigenvalue weighted by Gasteiger charge is -2.18. The van der Waals surface area contributed by atoms with Crippen LogP contribution in [0.1, 0.15) is 31.7 Å². The summed E-state index contributed by atoms with van der Waals surface area (Å²) in [6.07, 6.45) is 3.24. The van der Waals surface area contributed by atoms with E-state index < -0.39 is 0 Å². The summed E-state index contributed by atoms with van der Waals surface area (Å²) in [4.78, 5) is 27.6. The molecule has 0 atom stereocenters. The summed E-state index contributed by atoms with van der Waals surface area (Å²) in [5, 5.41) is 2.88. The van der Waals surface area contributed by atoms with Gasteiger partial charge in [0.2, 0.25) is 5.91 Å². The number of carbonyl (C=O) groups is 2. The first-order chi connectivity index (χ1) is 10.6. The van der Waals surface area contributed by atoms with Crippen LogP contribution in [0, 0.1) is 6.92 Å². The Morgan fingerprint density at radius 2 is 1.91 bits per heavy atom. The van der Waals surface area contributed by atoms with Crippen LogP contribution in [0.15, 0.2) is 24.3 Å². The maximum atomic E-state index is 12.4. The highest BCUT2D eigenvalue weighted by atomic mass is 16.2. The number of anilines is 1. The lowest BCUT2D eigenvalue weighted by atomic mass is 10.2. The van der Waals surface area contributed by atoms with Crippen molar-refractivity contribution in [3.63, 3.8) is 0 Å². The van der Waals surface area contributed by atoms with E-state index in [-0.39, 0.29) is 18.5 Å². The molecule has 1 heterocycles. The predicted octanol–water partition coefficient (Wildman–Crippen LogP) is 2.54. The second-order valence-corrected chi connectivity index (χ2v) is 5.75. The van der Waals surface area contributed by atoms with Crippen LogP contribution in [-0.2, 0) is 4.79 Å². The largest absolute Gasteiger partial charge is 0.355 e. The minimum atomic E-state index is -0.0902. The monoisotopic (exact) mass is 303 g/mol. The fourth-order valence-corrected chi connectivity index (χ4v) is 2.53. The molecule has 3 amide bonds.